The van der Waals surface area contributed by atoms with Crippen LogP contribution in [0.15, 0.2) is 24.3 Å². The third kappa shape index (κ3) is 3.72. The number of hydrogen-bond acceptors (Lipinski definition) is 3. The molecule has 1 fully saturated rings. The minimum absolute atomic E-state index is 0.161. The van der Waals surface area contributed by atoms with Crippen LogP contribution < -0.4 is 5.32 Å². The molecule has 1 aromatic heterocycles. The van der Waals surface area contributed by atoms with Gasteiger partial charge in [-0.2, -0.15) is 5.10 Å². The quantitative estimate of drug-likeness (QED) is 0.860. The highest BCUT2D eigenvalue weighted by Crippen LogP contribution is 2.34. The zero-order valence-corrected chi connectivity index (χ0v) is 15.8. The normalized spacial score (nSPS) is 22.4. The number of halogens is 1. The summed E-state index contributed by atoms with van der Waals surface area (Å²) in [6.45, 7) is 5.41. The Balaban J connectivity index is 1.84. The van der Waals surface area contributed by atoms with Gasteiger partial charge >= 0.3 is 5.97 Å². The van der Waals surface area contributed by atoms with Crippen LogP contribution >= 0.6 is 0 Å². The number of rotatable bonds is 4. The third-order valence-corrected chi connectivity index (χ3v) is 5.35. The summed E-state index contributed by atoms with van der Waals surface area (Å²) in [6, 6.07) is 6.06. The van der Waals surface area contributed by atoms with Crippen LogP contribution in [0.4, 0.5) is 4.39 Å². The molecule has 2 atom stereocenters. The molecule has 0 aliphatic heterocycles. The van der Waals surface area contributed by atoms with Gasteiger partial charge in [-0.1, -0.05) is 12.8 Å². The van der Waals surface area contributed by atoms with Crippen LogP contribution in [0.25, 0.3) is 5.69 Å². The summed E-state index contributed by atoms with van der Waals surface area (Å²) in [5.74, 6) is -2.58. The lowest BCUT2D eigenvalue weighted by molar-refractivity contribution is -0.145. The Morgan fingerprint density at radius 3 is 2.63 bits per heavy atom. The van der Waals surface area contributed by atoms with E-state index < -0.39 is 29.2 Å². The topological polar surface area (TPSA) is 84.2 Å². The molecule has 144 valence electrons. The largest absolute Gasteiger partial charge is 0.481 e. The second-order valence-electron chi connectivity index (χ2n) is 7.51. The van der Waals surface area contributed by atoms with E-state index in [0.717, 1.165) is 24.2 Å². The molecule has 0 saturated heterocycles. The van der Waals surface area contributed by atoms with E-state index in [0.29, 0.717) is 12.8 Å². The van der Waals surface area contributed by atoms with E-state index in [9.17, 15) is 19.1 Å². The van der Waals surface area contributed by atoms with Gasteiger partial charge in [0.15, 0.2) is 0 Å². The van der Waals surface area contributed by atoms with Gasteiger partial charge in [0.2, 0.25) is 0 Å². The van der Waals surface area contributed by atoms with Gasteiger partial charge in [-0.05, 0) is 57.9 Å². The maximum atomic E-state index is 14.6. The number of hydrogen-bond donors (Lipinski definition) is 2. The molecule has 1 aliphatic carbocycles. The average Bonchev–Trinajstić information content (AvgIpc) is 2.92. The molecule has 2 unspecified atom stereocenters. The number of benzene rings is 1. The molecule has 0 radical (unpaired) electrons. The Bertz CT molecular complexity index is 893. The number of amides is 1. The molecule has 1 saturated carbocycles. The van der Waals surface area contributed by atoms with Crippen molar-refractivity contribution >= 4 is 11.9 Å². The zero-order chi connectivity index (χ0) is 19.8. The summed E-state index contributed by atoms with van der Waals surface area (Å²) < 4.78 is 16.1. The van der Waals surface area contributed by atoms with Gasteiger partial charge in [0.05, 0.1) is 17.2 Å². The van der Waals surface area contributed by atoms with Crippen LogP contribution in [0.2, 0.25) is 0 Å². The SMILES string of the molecule is Cc1cc(C)n(-c2ccc(C(=O)NC3(C)CCCCC3C(=O)O)cc2F)n1. The van der Waals surface area contributed by atoms with E-state index in [4.69, 9.17) is 0 Å². The molecular formula is C20H24FN3O3. The lowest BCUT2D eigenvalue weighted by Gasteiger charge is -2.39. The predicted octanol–water partition coefficient (Wildman–Crippen LogP) is 3.39. The maximum absolute atomic E-state index is 14.6. The maximum Gasteiger partial charge on any atom is 0.308 e. The van der Waals surface area contributed by atoms with Gasteiger partial charge in [-0.3, -0.25) is 9.59 Å². The Labute approximate surface area is 157 Å². The third-order valence-electron chi connectivity index (χ3n) is 5.35. The molecule has 6 nitrogen and oxygen atoms in total. The lowest BCUT2D eigenvalue weighted by Crippen LogP contribution is -2.55. The van der Waals surface area contributed by atoms with E-state index >= 15 is 0 Å². The number of carboxylic acid groups (broad SMARTS) is 1. The number of aromatic nitrogens is 2. The first-order chi connectivity index (χ1) is 12.7. The molecule has 2 aromatic rings. The van der Waals surface area contributed by atoms with Crippen molar-refractivity contribution in [3.63, 3.8) is 0 Å². The Morgan fingerprint density at radius 1 is 1.30 bits per heavy atom. The monoisotopic (exact) mass is 373 g/mol. The van der Waals surface area contributed by atoms with Crippen molar-refractivity contribution in [2.24, 2.45) is 5.92 Å². The molecule has 1 amide bonds. The average molecular weight is 373 g/mol. The van der Waals surface area contributed by atoms with E-state index in [1.54, 1.807) is 6.92 Å². The van der Waals surface area contributed by atoms with Crippen molar-refractivity contribution < 1.29 is 19.1 Å². The van der Waals surface area contributed by atoms with Crippen LogP contribution in [0.3, 0.4) is 0 Å². The second kappa shape index (κ2) is 7.13. The lowest BCUT2D eigenvalue weighted by atomic mass is 9.73. The summed E-state index contributed by atoms with van der Waals surface area (Å²) >= 11 is 0. The van der Waals surface area contributed by atoms with E-state index in [1.165, 1.54) is 22.9 Å². The summed E-state index contributed by atoms with van der Waals surface area (Å²) in [4.78, 5) is 24.2. The van der Waals surface area contributed by atoms with Gasteiger partial charge < -0.3 is 10.4 Å². The van der Waals surface area contributed by atoms with Crippen molar-refractivity contribution in [3.8, 4) is 5.69 Å². The molecule has 3 rings (SSSR count). The fraction of sp³-hybridized carbons (Fsp3) is 0.450. The summed E-state index contributed by atoms with van der Waals surface area (Å²) in [5, 5.41) is 16.6. The van der Waals surface area contributed by atoms with Crippen molar-refractivity contribution in [3.05, 3.63) is 47.0 Å². The number of carbonyl (C=O) groups excluding carboxylic acids is 1. The molecule has 1 aliphatic rings. The molecule has 2 N–H and O–H groups in total. The molecule has 0 bridgehead atoms. The van der Waals surface area contributed by atoms with Gasteiger partial charge in [0, 0.05) is 11.3 Å². The number of carbonyl (C=O) groups is 2. The first kappa shape index (κ1) is 19.1. The highest BCUT2D eigenvalue weighted by atomic mass is 19.1. The molecule has 7 heteroatoms. The minimum atomic E-state index is -0.913. The van der Waals surface area contributed by atoms with Gasteiger partial charge in [0.1, 0.15) is 11.5 Å². The Morgan fingerprint density at radius 2 is 2.04 bits per heavy atom. The smallest absolute Gasteiger partial charge is 0.308 e. The first-order valence-electron chi connectivity index (χ1n) is 9.10. The summed E-state index contributed by atoms with van der Waals surface area (Å²) in [7, 11) is 0. The molecular weight excluding hydrogens is 349 g/mol. The van der Waals surface area contributed by atoms with Crippen molar-refractivity contribution in [1.29, 1.82) is 0 Å². The van der Waals surface area contributed by atoms with E-state index in [2.05, 4.69) is 10.4 Å². The van der Waals surface area contributed by atoms with Gasteiger partial charge in [0.25, 0.3) is 5.91 Å². The Kier molecular flexibility index (Phi) is 5.04. The first-order valence-corrected chi connectivity index (χ1v) is 9.10. The minimum Gasteiger partial charge on any atom is -0.481 e. The number of aryl methyl sites for hydroxylation is 2. The molecule has 0 spiro atoms. The van der Waals surface area contributed by atoms with Crippen LogP contribution in [0.1, 0.15) is 54.4 Å². The highest BCUT2D eigenvalue weighted by Gasteiger charge is 2.42. The van der Waals surface area contributed by atoms with Crippen molar-refractivity contribution in [2.45, 2.75) is 52.0 Å². The number of nitrogens with one attached hydrogen (secondary N) is 1. The zero-order valence-electron chi connectivity index (χ0n) is 15.8. The van der Waals surface area contributed by atoms with Crippen molar-refractivity contribution in [2.75, 3.05) is 0 Å². The molecule has 1 aromatic carbocycles. The molecule has 1 heterocycles. The van der Waals surface area contributed by atoms with Crippen LogP contribution in [-0.4, -0.2) is 32.3 Å². The van der Waals surface area contributed by atoms with Gasteiger partial charge in [-0.15, -0.1) is 0 Å². The highest BCUT2D eigenvalue weighted by molar-refractivity contribution is 5.95. The van der Waals surface area contributed by atoms with Crippen LogP contribution in [0, 0.1) is 25.6 Å². The van der Waals surface area contributed by atoms with E-state index in [1.807, 2.05) is 19.9 Å². The molecule has 27 heavy (non-hydrogen) atoms. The van der Waals surface area contributed by atoms with E-state index in [-0.39, 0.29) is 11.3 Å². The second-order valence-corrected chi connectivity index (χ2v) is 7.51. The van der Waals surface area contributed by atoms with Crippen molar-refractivity contribution in [1.82, 2.24) is 15.1 Å². The summed E-state index contributed by atoms with van der Waals surface area (Å²) in [5.41, 5.74) is 1.16. The van der Waals surface area contributed by atoms with Gasteiger partial charge in [-0.25, -0.2) is 9.07 Å². The fourth-order valence-electron chi connectivity index (χ4n) is 3.90. The number of carboxylic acids is 1. The van der Waals surface area contributed by atoms with Crippen LogP contribution in [-0.2, 0) is 4.79 Å². The Hall–Kier alpha value is -2.70. The van der Waals surface area contributed by atoms with Crippen LogP contribution in [0.5, 0.6) is 0 Å². The summed E-state index contributed by atoms with van der Waals surface area (Å²) in [6.07, 6.45) is 2.79. The predicted molar refractivity (Wildman–Crippen MR) is 98.5 cm³/mol. The number of aliphatic carboxylic acids is 1. The fourth-order valence-corrected chi connectivity index (χ4v) is 3.90. The number of nitrogens with zero attached hydrogens (tertiary/aromatic N) is 2. The standard InChI is InChI=1S/C20H24FN3O3/c1-12-10-13(2)24(23-12)17-8-7-14(11-16(17)21)18(25)22-20(3)9-5-4-6-15(20)19(26)27/h7-8,10-11,15H,4-6,9H2,1-3H3,(H,22,25)(H,26,27).